The lowest BCUT2D eigenvalue weighted by atomic mass is 9.87. The lowest BCUT2D eigenvalue weighted by Crippen LogP contribution is -2.26. The predicted molar refractivity (Wildman–Crippen MR) is 70.7 cm³/mol. The van der Waals surface area contributed by atoms with Crippen molar-refractivity contribution in [3.05, 3.63) is 22.8 Å². The lowest BCUT2D eigenvalue weighted by Gasteiger charge is -2.27. The highest BCUT2D eigenvalue weighted by atomic mass is 35.5. The lowest BCUT2D eigenvalue weighted by molar-refractivity contribution is 0.0694. The van der Waals surface area contributed by atoms with Crippen molar-refractivity contribution in [1.29, 1.82) is 0 Å². The molecule has 102 valence electrons. The summed E-state index contributed by atoms with van der Waals surface area (Å²) >= 11 is 5.83. The summed E-state index contributed by atoms with van der Waals surface area (Å²) in [5, 5.41) is 9.15. The van der Waals surface area contributed by atoms with Crippen LogP contribution in [0.15, 0.2) is 12.1 Å². The molecule has 2 aliphatic rings. The maximum atomic E-state index is 11.0. The van der Waals surface area contributed by atoms with Crippen LogP contribution >= 0.6 is 11.6 Å². The molecule has 0 spiro atoms. The third-order valence-corrected chi connectivity index (χ3v) is 4.34. The molecule has 2 aliphatic carbocycles. The molecule has 1 aromatic heterocycles. The smallest absolute Gasteiger partial charge is 0.335 e. The second-order valence-corrected chi connectivity index (χ2v) is 5.97. The van der Waals surface area contributed by atoms with Crippen molar-refractivity contribution >= 4 is 17.6 Å². The monoisotopic (exact) mass is 281 g/mol. The van der Waals surface area contributed by atoms with Crippen LogP contribution in [0.2, 0.25) is 5.15 Å². The normalized spacial score (nSPS) is 29.2. The first-order chi connectivity index (χ1) is 9.10. The molecule has 2 fully saturated rings. The number of aromatic carboxylic acids is 1. The standard InChI is InChI=1S/C14H16ClNO3/c15-12-6-10(14(17)18)7-13(16-12)19-11-4-8-1-2-9(3-8)5-11/h6-9,11H,1-5H2,(H,17,18)/t8-,9+,11?. The van der Waals surface area contributed by atoms with Crippen LogP contribution in [0, 0.1) is 11.8 Å². The molecular formula is C14H16ClNO3. The van der Waals surface area contributed by atoms with E-state index in [1.165, 1.54) is 31.4 Å². The van der Waals surface area contributed by atoms with Crippen molar-refractivity contribution in [3.63, 3.8) is 0 Å². The summed E-state index contributed by atoms with van der Waals surface area (Å²) in [6.07, 6.45) is 6.17. The van der Waals surface area contributed by atoms with Gasteiger partial charge in [0.1, 0.15) is 11.3 Å². The van der Waals surface area contributed by atoms with E-state index >= 15 is 0 Å². The van der Waals surface area contributed by atoms with Gasteiger partial charge in [0.15, 0.2) is 0 Å². The molecule has 1 aromatic rings. The van der Waals surface area contributed by atoms with E-state index in [0.717, 1.165) is 24.7 Å². The van der Waals surface area contributed by atoms with Gasteiger partial charge in [-0.15, -0.1) is 0 Å². The summed E-state index contributed by atoms with van der Waals surface area (Å²) in [6.45, 7) is 0. The van der Waals surface area contributed by atoms with Crippen LogP contribution in [0.5, 0.6) is 5.88 Å². The average molecular weight is 282 g/mol. The molecule has 19 heavy (non-hydrogen) atoms. The number of ether oxygens (including phenoxy) is 1. The largest absolute Gasteiger partial charge is 0.478 e. The minimum absolute atomic E-state index is 0.119. The maximum absolute atomic E-state index is 11.0. The van der Waals surface area contributed by atoms with E-state index in [1.807, 2.05) is 0 Å². The Morgan fingerprint density at radius 2 is 1.95 bits per heavy atom. The Kier molecular flexibility index (Phi) is 3.35. The average Bonchev–Trinajstić information content (AvgIpc) is 2.68. The molecule has 5 heteroatoms. The molecule has 1 N–H and O–H groups in total. The molecule has 3 atom stereocenters. The second-order valence-electron chi connectivity index (χ2n) is 5.58. The van der Waals surface area contributed by atoms with Gasteiger partial charge in [0, 0.05) is 6.07 Å². The van der Waals surface area contributed by atoms with Crippen LogP contribution in [0.3, 0.4) is 0 Å². The number of carboxylic acids is 1. The van der Waals surface area contributed by atoms with Crippen molar-refractivity contribution in [2.24, 2.45) is 11.8 Å². The Hall–Kier alpha value is -1.29. The van der Waals surface area contributed by atoms with Gasteiger partial charge in [-0.3, -0.25) is 0 Å². The van der Waals surface area contributed by atoms with Gasteiger partial charge >= 0.3 is 5.97 Å². The second kappa shape index (κ2) is 5.00. The molecule has 1 unspecified atom stereocenters. The highest BCUT2D eigenvalue weighted by Crippen LogP contribution is 2.43. The summed E-state index contributed by atoms with van der Waals surface area (Å²) in [5.74, 6) is 0.845. The predicted octanol–water partition coefficient (Wildman–Crippen LogP) is 3.39. The molecule has 4 nitrogen and oxygen atoms in total. The molecule has 0 aromatic carbocycles. The van der Waals surface area contributed by atoms with Crippen LogP contribution in [-0.2, 0) is 0 Å². The molecule has 3 rings (SSSR count). The molecule has 2 saturated carbocycles. The van der Waals surface area contributed by atoms with Gasteiger partial charge < -0.3 is 9.84 Å². The minimum Gasteiger partial charge on any atom is -0.478 e. The van der Waals surface area contributed by atoms with Crippen molar-refractivity contribution < 1.29 is 14.6 Å². The number of carboxylic acid groups (broad SMARTS) is 1. The van der Waals surface area contributed by atoms with Gasteiger partial charge in [0.25, 0.3) is 0 Å². The van der Waals surface area contributed by atoms with E-state index < -0.39 is 5.97 Å². The van der Waals surface area contributed by atoms with Crippen molar-refractivity contribution in [2.45, 2.75) is 38.2 Å². The number of nitrogens with zero attached hydrogens (tertiary/aromatic N) is 1. The third-order valence-electron chi connectivity index (χ3n) is 4.15. The number of pyridine rings is 1. The van der Waals surface area contributed by atoms with E-state index in [-0.39, 0.29) is 16.8 Å². The number of fused-ring (bicyclic) bond motifs is 2. The molecule has 0 saturated heterocycles. The zero-order valence-electron chi connectivity index (χ0n) is 10.5. The van der Waals surface area contributed by atoms with Crippen molar-refractivity contribution in [3.8, 4) is 5.88 Å². The molecule has 1 heterocycles. The van der Waals surface area contributed by atoms with Gasteiger partial charge in [0.2, 0.25) is 5.88 Å². The Morgan fingerprint density at radius 3 is 2.58 bits per heavy atom. The van der Waals surface area contributed by atoms with Gasteiger partial charge in [-0.05, 0) is 37.2 Å². The summed E-state index contributed by atoms with van der Waals surface area (Å²) in [4.78, 5) is 15.0. The van der Waals surface area contributed by atoms with E-state index in [0.29, 0.717) is 5.88 Å². The van der Waals surface area contributed by atoms with Crippen LogP contribution in [0.4, 0.5) is 0 Å². The molecular weight excluding hydrogens is 266 g/mol. The SMILES string of the molecule is O=C(O)c1cc(Cl)nc(OC2C[C@H]3CC[C@@H](C2)C3)c1. The fourth-order valence-corrected chi connectivity index (χ4v) is 3.57. The Balaban J connectivity index is 1.74. The summed E-state index contributed by atoms with van der Waals surface area (Å²) < 4.78 is 5.85. The van der Waals surface area contributed by atoms with Crippen LogP contribution < -0.4 is 4.74 Å². The van der Waals surface area contributed by atoms with Crippen LogP contribution in [0.1, 0.15) is 42.5 Å². The first kappa shape index (κ1) is 12.7. The van der Waals surface area contributed by atoms with E-state index in [4.69, 9.17) is 21.4 Å². The fraction of sp³-hybridized carbons (Fsp3) is 0.571. The maximum Gasteiger partial charge on any atom is 0.335 e. The van der Waals surface area contributed by atoms with E-state index in [2.05, 4.69) is 4.98 Å². The van der Waals surface area contributed by atoms with Gasteiger partial charge in [-0.2, -0.15) is 0 Å². The van der Waals surface area contributed by atoms with Crippen LogP contribution in [0.25, 0.3) is 0 Å². The molecule has 2 bridgehead atoms. The first-order valence-electron chi connectivity index (χ1n) is 6.67. The van der Waals surface area contributed by atoms with Gasteiger partial charge in [-0.1, -0.05) is 24.4 Å². The number of halogens is 1. The minimum atomic E-state index is -1.02. The summed E-state index contributed by atoms with van der Waals surface area (Å²) in [6, 6.07) is 2.78. The highest BCUT2D eigenvalue weighted by Gasteiger charge is 2.35. The number of aromatic nitrogens is 1. The molecule has 0 radical (unpaired) electrons. The Bertz CT molecular complexity index is 493. The van der Waals surface area contributed by atoms with Crippen molar-refractivity contribution in [1.82, 2.24) is 4.98 Å². The molecule has 0 amide bonds. The number of carbonyl (C=O) groups is 1. The van der Waals surface area contributed by atoms with Crippen molar-refractivity contribution in [2.75, 3.05) is 0 Å². The number of rotatable bonds is 3. The van der Waals surface area contributed by atoms with Gasteiger partial charge in [-0.25, -0.2) is 9.78 Å². The first-order valence-corrected chi connectivity index (χ1v) is 7.05. The van der Waals surface area contributed by atoms with Gasteiger partial charge in [0.05, 0.1) is 5.56 Å². The fourth-order valence-electron chi connectivity index (χ4n) is 3.37. The zero-order valence-corrected chi connectivity index (χ0v) is 11.3. The van der Waals surface area contributed by atoms with E-state index in [9.17, 15) is 4.79 Å². The zero-order chi connectivity index (χ0) is 13.4. The quantitative estimate of drug-likeness (QED) is 0.863. The third kappa shape index (κ3) is 2.84. The number of hydrogen-bond donors (Lipinski definition) is 1. The summed E-state index contributed by atoms with van der Waals surface area (Å²) in [5.41, 5.74) is 0.119. The topological polar surface area (TPSA) is 59.4 Å². The van der Waals surface area contributed by atoms with E-state index in [1.54, 1.807) is 0 Å². The highest BCUT2D eigenvalue weighted by molar-refractivity contribution is 6.29. The summed E-state index contributed by atoms with van der Waals surface area (Å²) in [7, 11) is 0. The number of hydrogen-bond acceptors (Lipinski definition) is 3. The molecule has 0 aliphatic heterocycles. The Labute approximate surface area is 116 Å². The Morgan fingerprint density at radius 1 is 1.26 bits per heavy atom. The van der Waals surface area contributed by atoms with Crippen LogP contribution in [-0.4, -0.2) is 22.2 Å².